The molecule has 0 aliphatic carbocycles. The van der Waals surface area contributed by atoms with Gasteiger partial charge in [-0.05, 0) is 49.9 Å². The third-order valence-electron chi connectivity index (χ3n) is 3.71. The van der Waals surface area contributed by atoms with Crippen molar-refractivity contribution in [1.82, 2.24) is 10.6 Å². The second kappa shape index (κ2) is 6.40. The van der Waals surface area contributed by atoms with Crippen LogP contribution in [0.25, 0.3) is 0 Å². The fourth-order valence-electron chi connectivity index (χ4n) is 2.46. The molecule has 0 aromatic heterocycles. The number of carbonyl (C=O) groups excluding carboxylic acids is 1. The maximum absolute atomic E-state index is 12.2. The maximum Gasteiger partial charge on any atom is 0.237 e. The highest BCUT2D eigenvalue weighted by Gasteiger charge is 2.25. The van der Waals surface area contributed by atoms with E-state index in [0.717, 1.165) is 24.9 Å². The number of hydrogen-bond donors (Lipinski definition) is 2. The lowest BCUT2D eigenvalue weighted by atomic mass is 9.93. The quantitative estimate of drug-likeness (QED) is 0.894. The van der Waals surface area contributed by atoms with Crippen LogP contribution in [0, 0.1) is 5.92 Å². The lowest BCUT2D eigenvalue weighted by Crippen LogP contribution is -2.48. The SMILES string of the molecule is CC1CCNC(C(=O)NC(C)c2ccc(Cl)cc2)C1. The van der Waals surface area contributed by atoms with Gasteiger partial charge in [0, 0.05) is 5.02 Å². The first-order valence-electron chi connectivity index (χ1n) is 6.85. The van der Waals surface area contributed by atoms with Crippen molar-refractivity contribution in [1.29, 1.82) is 0 Å². The summed E-state index contributed by atoms with van der Waals surface area (Å²) < 4.78 is 0. The lowest BCUT2D eigenvalue weighted by molar-refractivity contribution is -0.124. The molecule has 1 aromatic carbocycles. The minimum absolute atomic E-state index is 0.00352. The molecule has 4 heteroatoms. The van der Waals surface area contributed by atoms with Crippen molar-refractivity contribution in [2.24, 2.45) is 5.92 Å². The summed E-state index contributed by atoms with van der Waals surface area (Å²) in [4.78, 5) is 12.2. The first-order chi connectivity index (χ1) is 9.06. The molecule has 3 unspecified atom stereocenters. The maximum atomic E-state index is 12.2. The van der Waals surface area contributed by atoms with Gasteiger partial charge in [-0.15, -0.1) is 0 Å². The summed E-state index contributed by atoms with van der Waals surface area (Å²) in [6.07, 6.45) is 2.07. The van der Waals surface area contributed by atoms with Crippen molar-refractivity contribution in [2.75, 3.05) is 6.54 Å². The fraction of sp³-hybridized carbons (Fsp3) is 0.533. The minimum Gasteiger partial charge on any atom is -0.348 e. The molecular formula is C15H21ClN2O. The van der Waals surface area contributed by atoms with E-state index in [4.69, 9.17) is 11.6 Å². The van der Waals surface area contributed by atoms with Gasteiger partial charge >= 0.3 is 0 Å². The zero-order chi connectivity index (χ0) is 13.8. The number of halogens is 1. The van der Waals surface area contributed by atoms with Crippen molar-refractivity contribution < 1.29 is 4.79 Å². The molecule has 1 amide bonds. The average molecular weight is 281 g/mol. The van der Waals surface area contributed by atoms with E-state index in [0.29, 0.717) is 10.9 Å². The normalized spacial score (nSPS) is 24.8. The van der Waals surface area contributed by atoms with Gasteiger partial charge in [0.05, 0.1) is 12.1 Å². The summed E-state index contributed by atoms with van der Waals surface area (Å²) in [5.74, 6) is 0.705. The second-order valence-corrected chi connectivity index (χ2v) is 5.85. The minimum atomic E-state index is -0.0569. The molecule has 104 valence electrons. The van der Waals surface area contributed by atoms with Crippen molar-refractivity contribution in [3.63, 3.8) is 0 Å². The van der Waals surface area contributed by atoms with Crippen LogP contribution < -0.4 is 10.6 Å². The molecule has 0 radical (unpaired) electrons. The summed E-state index contributed by atoms with van der Waals surface area (Å²) in [5, 5.41) is 7.06. The Kier molecular flexibility index (Phi) is 4.83. The molecular weight excluding hydrogens is 260 g/mol. The van der Waals surface area contributed by atoms with Crippen molar-refractivity contribution in [3.8, 4) is 0 Å². The molecule has 0 saturated carbocycles. The van der Waals surface area contributed by atoms with Crippen LogP contribution in [-0.4, -0.2) is 18.5 Å². The molecule has 0 spiro atoms. The Bertz CT molecular complexity index is 432. The van der Waals surface area contributed by atoms with Gasteiger partial charge < -0.3 is 10.6 Å². The number of carbonyl (C=O) groups is 1. The molecule has 19 heavy (non-hydrogen) atoms. The summed E-state index contributed by atoms with van der Waals surface area (Å²) in [6, 6.07) is 7.54. The standard InChI is InChI=1S/C15H21ClN2O/c1-10-7-8-17-14(9-10)15(19)18-11(2)12-3-5-13(16)6-4-12/h3-6,10-11,14,17H,7-9H2,1-2H3,(H,18,19). The Morgan fingerprint density at radius 2 is 2.11 bits per heavy atom. The zero-order valence-corrected chi connectivity index (χ0v) is 12.2. The molecule has 1 saturated heterocycles. The van der Waals surface area contributed by atoms with E-state index in [1.165, 1.54) is 0 Å². The van der Waals surface area contributed by atoms with Gasteiger partial charge in [0.15, 0.2) is 0 Å². The van der Waals surface area contributed by atoms with Gasteiger partial charge in [0.25, 0.3) is 0 Å². The van der Waals surface area contributed by atoms with Crippen LogP contribution in [0.2, 0.25) is 5.02 Å². The van der Waals surface area contributed by atoms with Crippen LogP contribution in [0.1, 0.15) is 38.3 Å². The molecule has 2 N–H and O–H groups in total. The van der Waals surface area contributed by atoms with Crippen molar-refractivity contribution in [2.45, 2.75) is 38.8 Å². The predicted octanol–water partition coefficient (Wildman–Crippen LogP) is 2.91. The van der Waals surface area contributed by atoms with Crippen LogP contribution in [-0.2, 0) is 4.79 Å². The highest BCUT2D eigenvalue weighted by atomic mass is 35.5. The lowest BCUT2D eigenvalue weighted by Gasteiger charge is -2.28. The molecule has 1 heterocycles. The molecule has 3 nitrogen and oxygen atoms in total. The number of piperidine rings is 1. The highest BCUT2D eigenvalue weighted by molar-refractivity contribution is 6.30. The number of rotatable bonds is 3. The number of benzene rings is 1. The molecule has 1 aliphatic heterocycles. The van der Waals surface area contributed by atoms with Crippen LogP contribution in [0.15, 0.2) is 24.3 Å². The van der Waals surface area contributed by atoms with E-state index in [1.807, 2.05) is 31.2 Å². The van der Waals surface area contributed by atoms with E-state index >= 15 is 0 Å². The van der Waals surface area contributed by atoms with Gasteiger partial charge in [-0.1, -0.05) is 30.7 Å². The first kappa shape index (κ1) is 14.4. The fourth-order valence-corrected chi connectivity index (χ4v) is 2.58. The van der Waals surface area contributed by atoms with E-state index in [9.17, 15) is 4.79 Å². The Hall–Kier alpha value is -1.06. The molecule has 0 bridgehead atoms. The number of hydrogen-bond acceptors (Lipinski definition) is 2. The van der Waals surface area contributed by atoms with Crippen LogP contribution in [0.3, 0.4) is 0 Å². The van der Waals surface area contributed by atoms with Gasteiger partial charge in [0.2, 0.25) is 5.91 Å². The number of amides is 1. The summed E-state index contributed by atoms with van der Waals surface area (Å²) >= 11 is 5.86. The molecule has 3 atom stereocenters. The van der Waals surface area contributed by atoms with Gasteiger partial charge in [-0.25, -0.2) is 0 Å². The van der Waals surface area contributed by atoms with E-state index < -0.39 is 0 Å². The molecule has 2 rings (SSSR count). The zero-order valence-electron chi connectivity index (χ0n) is 11.4. The molecule has 1 fully saturated rings. The number of nitrogens with one attached hydrogen (secondary N) is 2. The van der Waals surface area contributed by atoms with Gasteiger partial charge in [0.1, 0.15) is 0 Å². The van der Waals surface area contributed by atoms with Crippen molar-refractivity contribution >= 4 is 17.5 Å². The van der Waals surface area contributed by atoms with E-state index in [-0.39, 0.29) is 18.0 Å². The third-order valence-corrected chi connectivity index (χ3v) is 3.96. The molecule has 1 aliphatic rings. The Morgan fingerprint density at radius 1 is 1.42 bits per heavy atom. The molecule has 1 aromatic rings. The third kappa shape index (κ3) is 3.95. The average Bonchev–Trinajstić information content (AvgIpc) is 2.39. The van der Waals surface area contributed by atoms with E-state index in [2.05, 4.69) is 17.6 Å². The Morgan fingerprint density at radius 3 is 2.74 bits per heavy atom. The first-order valence-corrected chi connectivity index (χ1v) is 7.23. The predicted molar refractivity (Wildman–Crippen MR) is 78.2 cm³/mol. The largest absolute Gasteiger partial charge is 0.348 e. The van der Waals surface area contributed by atoms with Crippen LogP contribution in [0.4, 0.5) is 0 Å². The second-order valence-electron chi connectivity index (χ2n) is 5.42. The van der Waals surface area contributed by atoms with Crippen LogP contribution in [0.5, 0.6) is 0 Å². The summed E-state index contributed by atoms with van der Waals surface area (Å²) in [7, 11) is 0. The monoisotopic (exact) mass is 280 g/mol. The van der Waals surface area contributed by atoms with Crippen LogP contribution >= 0.6 is 11.6 Å². The topological polar surface area (TPSA) is 41.1 Å². The van der Waals surface area contributed by atoms with Gasteiger partial charge in [-0.2, -0.15) is 0 Å². The summed E-state index contributed by atoms with van der Waals surface area (Å²) in [5.41, 5.74) is 1.07. The van der Waals surface area contributed by atoms with E-state index in [1.54, 1.807) is 0 Å². The Balaban J connectivity index is 1.92. The highest BCUT2D eigenvalue weighted by Crippen LogP contribution is 2.18. The van der Waals surface area contributed by atoms with Crippen molar-refractivity contribution in [3.05, 3.63) is 34.9 Å². The summed E-state index contributed by atoms with van der Waals surface area (Å²) in [6.45, 7) is 5.12. The Labute approximate surface area is 119 Å². The van der Waals surface area contributed by atoms with Gasteiger partial charge in [-0.3, -0.25) is 4.79 Å². The smallest absolute Gasteiger partial charge is 0.237 e.